The van der Waals surface area contributed by atoms with Crippen LogP contribution in [0.4, 0.5) is 11.4 Å². The molecular weight excluding hydrogens is 208 g/mol. The molecule has 0 aliphatic rings. The van der Waals surface area contributed by atoms with Crippen molar-refractivity contribution in [1.82, 2.24) is 0 Å². The van der Waals surface area contributed by atoms with E-state index in [9.17, 15) is 0 Å². The molecule has 0 amide bonds. The molecule has 0 heterocycles. The van der Waals surface area contributed by atoms with Gasteiger partial charge in [0.2, 0.25) is 0 Å². The van der Waals surface area contributed by atoms with E-state index in [0.29, 0.717) is 0 Å². The minimum Gasteiger partial charge on any atom is -0.399 e. The number of anilines is 2. The molecule has 0 saturated carbocycles. The molecule has 0 aromatic heterocycles. The summed E-state index contributed by atoms with van der Waals surface area (Å²) >= 11 is 0. The molecular formula is C15H20N2. The second-order valence-corrected chi connectivity index (χ2v) is 4.33. The summed E-state index contributed by atoms with van der Waals surface area (Å²) in [6, 6.07) is 13.8. The van der Waals surface area contributed by atoms with Crippen LogP contribution in [0, 0.1) is 20.8 Å². The van der Waals surface area contributed by atoms with Crippen molar-refractivity contribution in [3.63, 3.8) is 0 Å². The summed E-state index contributed by atoms with van der Waals surface area (Å²) in [5, 5.41) is 0. The fourth-order valence-corrected chi connectivity index (χ4v) is 1.58. The Labute approximate surface area is 103 Å². The lowest BCUT2D eigenvalue weighted by atomic mass is 10.1. The highest BCUT2D eigenvalue weighted by atomic mass is 14.5. The third kappa shape index (κ3) is 5.07. The Balaban J connectivity index is 0.000000171. The normalized spacial score (nSPS) is 9.35. The van der Waals surface area contributed by atoms with Gasteiger partial charge in [-0.15, -0.1) is 0 Å². The fourth-order valence-electron chi connectivity index (χ4n) is 1.58. The third-order valence-corrected chi connectivity index (χ3v) is 2.32. The third-order valence-electron chi connectivity index (χ3n) is 2.32. The quantitative estimate of drug-likeness (QED) is 0.678. The van der Waals surface area contributed by atoms with E-state index in [-0.39, 0.29) is 0 Å². The standard InChI is InChI=1S/C8H11N.C7H9N/c1-6-3-7(2)5-8(9)4-6;1-6-2-4-7(8)5-3-6/h3-5H,9H2,1-2H3;2-5H,8H2,1H3. The molecule has 0 spiro atoms. The predicted molar refractivity (Wildman–Crippen MR) is 75.9 cm³/mol. The zero-order valence-corrected chi connectivity index (χ0v) is 10.7. The van der Waals surface area contributed by atoms with Crippen molar-refractivity contribution in [3.8, 4) is 0 Å². The molecule has 90 valence electrons. The van der Waals surface area contributed by atoms with E-state index >= 15 is 0 Å². The number of nitrogens with two attached hydrogens (primary N) is 2. The zero-order valence-electron chi connectivity index (χ0n) is 10.7. The van der Waals surface area contributed by atoms with Gasteiger partial charge in [-0.3, -0.25) is 0 Å². The van der Waals surface area contributed by atoms with Crippen molar-refractivity contribution in [2.45, 2.75) is 20.8 Å². The second kappa shape index (κ2) is 5.94. The molecule has 17 heavy (non-hydrogen) atoms. The highest BCUT2D eigenvalue weighted by Gasteiger charge is 1.88. The molecule has 0 radical (unpaired) electrons. The first-order valence-corrected chi connectivity index (χ1v) is 5.63. The minimum absolute atomic E-state index is 0.829. The van der Waals surface area contributed by atoms with Crippen LogP contribution in [0.2, 0.25) is 0 Å². The minimum atomic E-state index is 0.829. The van der Waals surface area contributed by atoms with E-state index in [2.05, 4.69) is 6.07 Å². The molecule has 4 N–H and O–H groups in total. The Hall–Kier alpha value is -1.96. The Morgan fingerprint density at radius 2 is 1.06 bits per heavy atom. The van der Waals surface area contributed by atoms with Crippen molar-refractivity contribution < 1.29 is 0 Å². The van der Waals surface area contributed by atoms with Crippen LogP contribution in [0.25, 0.3) is 0 Å². The van der Waals surface area contributed by atoms with Gasteiger partial charge < -0.3 is 11.5 Å². The highest BCUT2D eigenvalue weighted by molar-refractivity contribution is 5.43. The maximum Gasteiger partial charge on any atom is 0.0319 e. The van der Waals surface area contributed by atoms with Crippen molar-refractivity contribution in [3.05, 3.63) is 59.2 Å². The summed E-state index contributed by atoms with van der Waals surface area (Å²) in [5.74, 6) is 0. The number of aryl methyl sites for hydroxylation is 3. The first kappa shape index (κ1) is 13.1. The molecule has 0 atom stereocenters. The molecule has 0 bridgehead atoms. The van der Waals surface area contributed by atoms with Gasteiger partial charge in [0, 0.05) is 11.4 Å². The van der Waals surface area contributed by atoms with Crippen molar-refractivity contribution in [1.29, 1.82) is 0 Å². The fraction of sp³-hybridized carbons (Fsp3) is 0.200. The van der Waals surface area contributed by atoms with Gasteiger partial charge in [0.1, 0.15) is 0 Å². The predicted octanol–water partition coefficient (Wildman–Crippen LogP) is 3.46. The Bertz CT molecular complexity index is 401. The lowest BCUT2D eigenvalue weighted by molar-refractivity contribution is 1.39. The SMILES string of the molecule is Cc1cc(C)cc(N)c1.Cc1ccc(N)cc1. The van der Waals surface area contributed by atoms with Crippen LogP contribution < -0.4 is 11.5 Å². The summed E-state index contributed by atoms with van der Waals surface area (Å²) in [7, 11) is 0. The average molecular weight is 228 g/mol. The van der Waals surface area contributed by atoms with Gasteiger partial charge in [0.15, 0.2) is 0 Å². The van der Waals surface area contributed by atoms with Crippen LogP contribution in [0.15, 0.2) is 42.5 Å². The molecule has 2 nitrogen and oxygen atoms in total. The molecule has 2 aromatic carbocycles. The smallest absolute Gasteiger partial charge is 0.0319 e. The lowest BCUT2D eigenvalue weighted by Gasteiger charge is -1.97. The monoisotopic (exact) mass is 228 g/mol. The summed E-state index contributed by atoms with van der Waals surface area (Å²) in [6.45, 7) is 6.13. The van der Waals surface area contributed by atoms with Crippen LogP contribution in [0.1, 0.15) is 16.7 Å². The van der Waals surface area contributed by atoms with Crippen molar-refractivity contribution >= 4 is 11.4 Å². The molecule has 0 unspecified atom stereocenters. The van der Waals surface area contributed by atoms with Gasteiger partial charge in [-0.25, -0.2) is 0 Å². The summed E-state index contributed by atoms with van der Waals surface area (Å²) in [6.07, 6.45) is 0. The van der Waals surface area contributed by atoms with Gasteiger partial charge >= 0.3 is 0 Å². The summed E-state index contributed by atoms with van der Waals surface area (Å²) in [5.41, 5.74) is 16.4. The van der Waals surface area contributed by atoms with Gasteiger partial charge in [0.05, 0.1) is 0 Å². The summed E-state index contributed by atoms with van der Waals surface area (Å²) < 4.78 is 0. The van der Waals surface area contributed by atoms with E-state index in [1.165, 1.54) is 16.7 Å². The average Bonchev–Trinajstić information content (AvgIpc) is 2.21. The number of benzene rings is 2. The molecule has 0 aliphatic carbocycles. The van der Waals surface area contributed by atoms with E-state index in [0.717, 1.165) is 11.4 Å². The van der Waals surface area contributed by atoms with E-state index in [4.69, 9.17) is 11.5 Å². The zero-order chi connectivity index (χ0) is 12.8. The van der Waals surface area contributed by atoms with Gasteiger partial charge in [-0.2, -0.15) is 0 Å². The van der Waals surface area contributed by atoms with Gasteiger partial charge in [-0.1, -0.05) is 23.8 Å². The molecule has 2 aromatic rings. The van der Waals surface area contributed by atoms with Crippen LogP contribution in [0.3, 0.4) is 0 Å². The highest BCUT2D eigenvalue weighted by Crippen LogP contribution is 2.08. The number of rotatable bonds is 0. The number of nitrogen functional groups attached to an aromatic ring is 2. The number of hydrogen-bond acceptors (Lipinski definition) is 2. The Morgan fingerprint density at radius 3 is 1.41 bits per heavy atom. The maximum absolute atomic E-state index is 5.56. The Kier molecular flexibility index (Phi) is 4.58. The van der Waals surface area contributed by atoms with Crippen LogP contribution in [-0.2, 0) is 0 Å². The topological polar surface area (TPSA) is 52.0 Å². The van der Waals surface area contributed by atoms with E-state index in [1.54, 1.807) is 0 Å². The van der Waals surface area contributed by atoms with E-state index < -0.39 is 0 Å². The first-order valence-electron chi connectivity index (χ1n) is 5.63. The molecule has 2 heteroatoms. The maximum atomic E-state index is 5.56. The van der Waals surface area contributed by atoms with Crippen LogP contribution in [-0.4, -0.2) is 0 Å². The largest absolute Gasteiger partial charge is 0.399 e. The molecule has 2 rings (SSSR count). The lowest BCUT2D eigenvalue weighted by Crippen LogP contribution is -1.86. The van der Waals surface area contributed by atoms with Crippen molar-refractivity contribution in [2.24, 2.45) is 0 Å². The van der Waals surface area contributed by atoms with Crippen LogP contribution >= 0.6 is 0 Å². The molecule has 0 fully saturated rings. The second-order valence-electron chi connectivity index (χ2n) is 4.33. The number of hydrogen-bond donors (Lipinski definition) is 2. The van der Waals surface area contributed by atoms with Gasteiger partial charge in [-0.05, 0) is 56.2 Å². The Morgan fingerprint density at radius 1 is 0.588 bits per heavy atom. The molecule has 0 aliphatic heterocycles. The van der Waals surface area contributed by atoms with Gasteiger partial charge in [0.25, 0.3) is 0 Å². The summed E-state index contributed by atoms with van der Waals surface area (Å²) in [4.78, 5) is 0. The molecule has 0 saturated heterocycles. The van der Waals surface area contributed by atoms with Crippen molar-refractivity contribution in [2.75, 3.05) is 11.5 Å². The van der Waals surface area contributed by atoms with E-state index in [1.807, 2.05) is 57.2 Å². The van der Waals surface area contributed by atoms with Crippen LogP contribution in [0.5, 0.6) is 0 Å². The first-order chi connectivity index (χ1) is 7.97.